The van der Waals surface area contributed by atoms with Crippen LogP contribution in [0.15, 0.2) is 69.9 Å². The maximum atomic E-state index is 13.2. The monoisotopic (exact) mass is 418 g/mol. The third-order valence-electron chi connectivity index (χ3n) is 5.19. The highest BCUT2D eigenvalue weighted by atomic mass is 19.1. The van der Waals surface area contributed by atoms with Gasteiger partial charge in [0.15, 0.2) is 11.5 Å². The van der Waals surface area contributed by atoms with E-state index in [1.165, 1.54) is 12.1 Å². The summed E-state index contributed by atoms with van der Waals surface area (Å²) in [6.45, 7) is 3.03. The fraction of sp³-hybridized carbons (Fsp3) is 0.160. The zero-order chi connectivity index (χ0) is 21.4. The number of halogens is 1. The first kappa shape index (κ1) is 19.2. The first-order valence-corrected chi connectivity index (χ1v) is 9.93. The molecule has 0 bridgehead atoms. The molecule has 0 N–H and O–H groups in total. The second kappa shape index (κ2) is 7.80. The van der Waals surface area contributed by atoms with E-state index in [0.29, 0.717) is 58.3 Å². The van der Waals surface area contributed by atoms with Gasteiger partial charge >= 0.3 is 0 Å². The molecule has 31 heavy (non-hydrogen) atoms. The number of hydrogen-bond donors (Lipinski definition) is 0. The van der Waals surface area contributed by atoms with E-state index in [1.54, 1.807) is 49.4 Å². The largest absolute Gasteiger partial charge is 0.489 e. The highest BCUT2D eigenvalue weighted by molar-refractivity contribution is 5.84. The maximum Gasteiger partial charge on any atom is 0.200 e. The zero-order valence-electron chi connectivity index (χ0n) is 16.8. The molecule has 156 valence electrons. The number of fused-ring (bicyclic) bond motifs is 2. The van der Waals surface area contributed by atoms with E-state index in [4.69, 9.17) is 18.6 Å². The normalized spacial score (nSPS) is 12.7. The Morgan fingerprint density at radius 2 is 1.71 bits per heavy atom. The molecule has 0 saturated carbocycles. The van der Waals surface area contributed by atoms with Gasteiger partial charge in [0.25, 0.3) is 0 Å². The molecule has 1 aliphatic rings. The lowest BCUT2D eigenvalue weighted by Gasteiger charge is -2.19. The average Bonchev–Trinajstić information content (AvgIpc) is 2.78. The molecule has 0 atom stereocenters. The molecule has 0 spiro atoms. The molecule has 0 radical (unpaired) electrons. The molecule has 0 aliphatic carbocycles. The molecule has 2 heterocycles. The summed E-state index contributed by atoms with van der Waals surface area (Å²) in [6, 6.07) is 16.7. The molecule has 0 amide bonds. The molecule has 6 heteroatoms. The molecule has 4 aromatic rings. The van der Waals surface area contributed by atoms with Crippen molar-refractivity contribution in [3.05, 3.63) is 88.0 Å². The number of aryl methyl sites for hydroxylation is 1. The Morgan fingerprint density at radius 1 is 0.935 bits per heavy atom. The Morgan fingerprint density at radius 3 is 2.52 bits per heavy atom. The topological polar surface area (TPSA) is 57.9 Å². The van der Waals surface area contributed by atoms with Crippen LogP contribution < -0.4 is 19.6 Å². The van der Waals surface area contributed by atoms with Gasteiger partial charge in [-0.05, 0) is 54.4 Å². The van der Waals surface area contributed by atoms with Gasteiger partial charge in [0.2, 0.25) is 5.43 Å². The molecule has 3 aromatic carbocycles. The van der Waals surface area contributed by atoms with Gasteiger partial charge in [-0.2, -0.15) is 0 Å². The standard InChI is InChI=1S/C25H19FO5/c1-15-24(17-4-9-21-23(12-17)29-11-10-28-21)25(27)20-8-7-19(13-22(20)31-15)30-14-16-2-5-18(26)6-3-16/h2-9,12-13H,10-11,14H2,1H3. The molecule has 0 fully saturated rings. The third kappa shape index (κ3) is 3.72. The van der Waals surface area contributed by atoms with E-state index in [1.807, 2.05) is 6.07 Å². The van der Waals surface area contributed by atoms with E-state index in [9.17, 15) is 9.18 Å². The Labute approximate surface area is 177 Å². The summed E-state index contributed by atoms with van der Waals surface area (Å²) in [5.41, 5.74) is 2.37. The zero-order valence-corrected chi connectivity index (χ0v) is 16.8. The highest BCUT2D eigenvalue weighted by Crippen LogP contribution is 2.35. The molecular weight excluding hydrogens is 399 g/mol. The Kier molecular flexibility index (Phi) is 4.82. The van der Waals surface area contributed by atoms with E-state index in [-0.39, 0.29) is 17.9 Å². The minimum atomic E-state index is -0.291. The first-order chi connectivity index (χ1) is 15.1. The number of ether oxygens (including phenoxy) is 3. The van der Waals surface area contributed by atoms with Crippen LogP contribution in [-0.2, 0) is 6.61 Å². The van der Waals surface area contributed by atoms with E-state index in [2.05, 4.69) is 0 Å². The summed E-state index contributed by atoms with van der Waals surface area (Å²) < 4.78 is 36.0. The Bertz CT molecular complexity index is 1320. The van der Waals surface area contributed by atoms with Crippen LogP contribution in [0.3, 0.4) is 0 Å². The summed E-state index contributed by atoms with van der Waals surface area (Å²) in [7, 11) is 0. The fourth-order valence-electron chi connectivity index (χ4n) is 3.66. The lowest BCUT2D eigenvalue weighted by molar-refractivity contribution is 0.171. The highest BCUT2D eigenvalue weighted by Gasteiger charge is 2.18. The fourth-order valence-corrected chi connectivity index (χ4v) is 3.66. The molecule has 0 saturated heterocycles. The molecule has 5 nitrogen and oxygen atoms in total. The van der Waals surface area contributed by atoms with Gasteiger partial charge in [0, 0.05) is 6.07 Å². The minimum absolute atomic E-state index is 0.125. The van der Waals surface area contributed by atoms with Crippen LogP contribution in [-0.4, -0.2) is 13.2 Å². The Balaban J connectivity index is 1.47. The second-order valence-corrected chi connectivity index (χ2v) is 7.29. The first-order valence-electron chi connectivity index (χ1n) is 9.93. The lowest BCUT2D eigenvalue weighted by atomic mass is 10.0. The lowest BCUT2D eigenvalue weighted by Crippen LogP contribution is -2.15. The van der Waals surface area contributed by atoms with Crippen LogP contribution in [0, 0.1) is 12.7 Å². The molecule has 0 unspecified atom stereocenters. The van der Waals surface area contributed by atoms with Crippen molar-refractivity contribution < 1.29 is 23.0 Å². The average molecular weight is 418 g/mol. The van der Waals surface area contributed by atoms with E-state index >= 15 is 0 Å². The predicted octanol–water partition coefficient (Wildman–Crippen LogP) is 5.26. The van der Waals surface area contributed by atoms with Crippen molar-refractivity contribution in [2.24, 2.45) is 0 Å². The summed E-state index contributed by atoms with van der Waals surface area (Å²) in [6.07, 6.45) is 0. The summed E-state index contributed by atoms with van der Waals surface area (Å²) in [5, 5.41) is 0.463. The summed E-state index contributed by atoms with van der Waals surface area (Å²) in [5.74, 6) is 2.06. The third-order valence-corrected chi connectivity index (χ3v) is 5.19. The van der Waals surface area contributed by atoms with Gasteiger partial charge < -0.3 is 18.6 Å². The quantitative estimate of drug-likeness (QED) is 0.453. The molecule has 1 aliphatic heterocycles. The van der Waals surface area contributed by atoms with Crippen molar-refractivity contribution in [1.82, 2.24) is 0 Å². The Hall–Kier alpha value is -3.80. The van der Waals surface area contributed by atoms with Gasteiger partial charge in [-0.15, -0.1) is 0 Å². The van der Waals surface area contributed by atoms with Crippen LogP contribution in [0.25, 0.3) is 22.1 Å². The van der Waals surface area contributed by atoms with Crippen molar-refractivity contribution in [2.75, 3.05) is 13.2 Å². The van der Waals surface area contributed by atoms with Gasteiger partial charge in [-0.3, -0.25) is 4.79 Å². The minimum Gasteiger partial charge on any atom is -0.489 e. The predicted molar refractivity (Wildman–Crippen MR) is 114 cm³/mol. The molecule has 5 rings (SSSR count). The molecule has 1 aromatic heterocycles. The van der Waals surface area contributed by atoms with Gasteiger partial charge in [-0.1, -0.05) is 18.2 Å². The number of benzene rings is 3. The second-order valence-electron chi connectivity index (χ2n) is 7.29. The molecular formula is C25H19FO5. The summed E-state index contributed by atoms with van der Waals surface area (Å²) in [4.78, 5) is 13.2. The van der Waals surface area contributed by atoms with Crippen LogP contribution in [0.5, 0.6) is 17.2 Å². The van der Waals surface area contributed by atoms with Gasteiger partial charge in [-0.25, -0.2) is 4.39 Å². The van der Waals surface area contributed by atoms with Gasteiger partial charge in [0.05, 0.1) is 10.9 Å². The number of hydrogen-bond acceptors (Lipinski definition) is 5. The smallest absolute Gasteiger partial charge is 0.200 e. The van der Waals surface area contributed by atoms with E-state index in [0.717, 1.165) is 5.56 Å². The van der Waals surface area contributed by atoms with Crippen LogP contribution >= 0.6 is 0 Å². The van der Waals surface area contributed by atoms with Crippen LogP contribution in [0.1, 0.15) is 11.3 Å². The van der Waals surface area contributed by atoms with Crippen molar-refractivity contribution >= 4 is 11.0 Å². The van der Waals surface area contributed by atoms with Crippen molar-refractivity contribution in [3.63, 3.8) is 0 Å². The number of rotatable bonds is 4. The summed E-state index contributed by atoms with van der Waals surface area (Å²) >= 11 is 0. The van der Waals surface area contributed by atoms with Crippen LogP contribution in [0.2, 0.25) is 0 Å². The van der Waals surface area contributed by atoms with Gasteiger partial charge in [0.1, 0.15) is 42.7 Å². The SMILES string of the molecule is Cc1oc2cc(OCc3ccc(F)cc3)ccc2c(=O)c1-c1ccc2c(c1)OCCO2. The van der Waals surface area contributed by atoms with Crippen molar-refractivity contribution in [3.8, 4) is 28.4 Å². The maximum absolute atomic E-state index is 13.2. The van der Waals surface area contributed by atoms with Crippen molar-refractivity contribution in [2.45, 2.75) is 13.5 Å². The van der Waals surface area contributed by atoms with Crippen LogP contribution in [0.4, 0.5) is 4.39 Å². The van der Waals surface area contributed by atoms with Crippen molar-refractivity contribution in [1.29, 1.82) is 0 Å². The van der Waals surface area contributed by atoms with E-state index < -0.39 is 0 Å².